The minimum Gasteiger partial charge on any atom is -0.426 e. The Balaban J connectivity index is 2.85. The lowest BCUT2D eigenvalue weighted by Crippen LogP contribution is -2.25. The summed E-state index contributed by atoms with van der Waals surface area (Å²) < 4.78 is 4.93. The van der Waals surface area contributed by atoms with Gasteiger partial charge in [-0.1, -0.05) is 28.1 Å². The van der Waals surface area contributed by atoms with E-state index in [-0.39, 0.29) is 11.7 Å². The van der Waals surface area contributed by atoms with Crippen molar-refractivity contribution in [2.45, 2.75) is 6.92 Å². The van der Waals surface area contributed by atoms with Crippen molar-refractivity contribution in [1.82, 2.24) is 5.32 Å². The Morgan fingerprint density at radius 1 is 1.38 bits per heavy atom. The lowest BCUT2D eigenvalue weighted by molar-refractivity contribution is -0.131. The molecule has 0 atom stereocenters. The van der Waals surface area contributed by atoms with E-state index in [1.807, 2.05) is 0 Å². The molecule has 0 fully saturated rings. The van der Waals surface area contributed by atoms with E-state index in [1.165, 1.54) is 6.92 Å². The number of nitrogens with one attached hydrogen (secondary N) is 1. The van der Waals surface area contributed by atoms with E-state index in [0.717, 1.165) is 0 Å². The molecule has 0 bridgehead atoms. The number of para-hydroxylation sites is 1. The average Bonchev–Trinajstić information content (AvgIpc) is 2.26. The number of hydrogen-bond donors (Lipinski definition) is 1. The van der Waals surface area contributed by atoms with Crippen molar-refractivity contribution in [1.29, 1.82) is 0 Å². The largest absolute Gasteiger partial charge is 0.426 e. The molecule has 0 aliphatic rings. The van der Waals surface area contributed by atoms with Gasteiger partial charge in [-0.2, -0.15) is 0 Å². The second-order valence-electron chi connectivity index (χ2n) is 3.03. The third-order valence-corrected chi connectivity index (χ3v) is 2.16. The normalized spacial score (nSPS) is 9.62. The summed E-state index contributed by atoms with van der Waals surface area (Å²) in [5.41, 5.74) is 0.360. The van der Waals surface area contributed by atoms with E-state index < -0.39 is 5.97 Å². The van der Waals surface area contributed by atoms with Crippen molar-refractivity contribution in [2.24, 2.45) is 0 Å². The maximum absolute atomic E-state index is 11.7. The summed E-state index contributed by atoms with van der Waals surface area (Å²) in [6.07, 6.45) is 0. The molecular weight excluding hydrogens is 274 g/mol. The van der Waals surface area contributed by atoms with Gasteiger partial charge in [0.1, 0.15) is 5.75 Å². The van der Waals surface area contributed by atoms with Crippen LogP contribution in [0.1, 0.15) is 17.3 Å². The van der Waals surface area contributed by atoms with E-state index in [2.05, 4.69) is 21.2 Å². The topological polar surface area (TPSA) is 55.4 Å². The van der Waals surface area contributed by atoms with Crippen molar-refractivity contribution in [2.75, 3.05) is 11.9 Å². The molecule has 86 valence electrons. The fraction of sp³-hybridized carbons (Fsp3) is 0.273. The Morgan fingerprint density at radius 3 is 2.69 bits per heavy atom. The summed E-state index contributed by atoms with van der Waals surface area (Å²) in [6.45, 7) is 1.82. The van der Waals surface area contributed by atoms with Crippen LogP contribution in [0.2, 0.25) is 0 Å². The Hall–Kier alpha value is -1.36. The first-order valence-electron chi connectivity index (χ1n) is 4.76. The van der Waals surface area contributed by atoms with Crippen LogP contribution in [0.3, 0.4) is 0 Å². The predicted octanol–water partition coefficient (Wildman–Crippen LogP) is 1.74. The van der Waals surface area contributed by atoms with E-state index in [0.29, 0.717) is 17.4 Å². The first kappa shape index (κ1) is 12.7. The zero-order valence-corrected chi connectivity index (χ0v) is 10.4. The van der Waals surface area contributed by atoms with E-state index in [9.17, 15) is 9.59 Å². The molecule has 0 saturated heterocycles. The summed E-state index contributed by atoms with van der Waals surface area (Å²) in [7, 11) is 0. The van der Waals surface area contributed by atoms with Gasteiger partial charge in [0, 0.05) is 18.8 Å². The fourth-order valence-electron chi connectivity index (χ4n) is 1.15. The van der Waals surface area contributed by atoms with Gasteiger partial charge in [0.2, 0.25) is 0 Å². The highest BCUT2D eigenvalue weighted by molar-refractivity contribution is 9.09. The molecule has 1 rings (SSSR count). The van der Waals surface area contributed by atoms with Gasteiger partial charge in [-0.05, 0) is 12.1 Å². The van der Waals surface area contributed by atoms with Gasteiger partial charge in [0.05, 0.1) is 5.56 Å². The summed E-state index contributed by atoms with van der Waals surface area (Å²) in [4.78, 5) is 22.5. The van der Waals surface area contributed by atoms with Crippen molar-refractivity contribution in [3.05, 3.63) is 29.8 Å². The van der Waals surface area contributed by atoms with Gasteiger partial charge in [0.25, 0.3) is 5.91 Å². The van der Waals surface area contributed by atoms with Crippen LogP contribution in [-0.4, -0.2) is 23.8 Å². The molecule has 1 N–H and O–H groups in total. The van der Waals surface area contributed by atoms with Gasteiger partial charge in [-0.3, -0.25) is 9.59 Å². The van der Waals surface area contributed by atoms with Crippen LogP contribution in [0.4, 0.5) is 0 Å². The van der Waals surface area contributed by atoms with Gasteiger partial charge >= 0.3 is 5.97 Å². The second kappa shape index (κ2) is 6.27. The Labute approximate surface area is 102 Å². The summed E-state index contributed by atoms with van der Waals surface area (Å²) in [5, 5.41) is 3.36. The van der Waals surface area contributed by atoms with Crippen LogP contribution in [0, 0.1) is 0 Å². The first-order chi connectivity index (χ1) is 7.65. The predicted molar refractivity (Wildman–Crippen MR) is 63.9 cm³/mol. The van der Waals surface area contributed by atoms with E-state index in [4.69, 9.17) is 4.74 Å². The minimum atomic E-state index is -0.444. The van der Waals surface area contributed by atoms with E-state index >= 15 is 0 Å². The van der Waals surface area contributed by atoms with Gasteiger partial charge in [-0.15, -0.1) is 0 Å². The smallest absolute Gasteiger partial charge is 0.308 e. The van der Waals surface area contributed by atoms with Crippen molar-refractivity contribution in [3.63, 3.8) is 0 Å². The molecule has 0 saturated carbocycles. The third-order valence-electron chi connectivity index (χ3n) is 1.77. The molecule has 5 heteroatoms. The maximum atomic E-state index is 11.7. The van der Waals surface area contributed by atoms with Crippen molar-refractivity contribution in [3.8, 4) is 5.75 Å². The number of esters is 1. The van der Waals surface area contributed by atoms with Crippen LogP contribution in [-0.2, 0) is 4.79 Å². The number of amides is 1. The van der Waals surface area contributed by atoms with E-state index in [1.54, 1.807) is 24.3 Å². The van der Waals surface area contributed by atoms with Crippen LogP contribution in [0.15, 0.2) is 24.3 Å². The number of alkyl halides is 1. The number of carbonyl (C=O) groups is 2. The summed E-state index contributed by atoms with van der Waals surface area (Å²) >= 11 is 3.21. The molecule has 16 heavy (non-hydrogen) atoms. The molecule has 1 aromatic carbocycles. The van der Waals surface area contributed by atoms with Gasteiger partial charge in [-0.25, -0.2) is 0 Å². The Bertz CT molecular complexity index is 393. The lowest BCUT2D eigenvalue weighted by Gasteiger charge is -2.08. The van der Waals surface area contributed by atoms with Crippen LogP contribution >= 0.6 is 15.9 Å². The lowest BCUT2D eigenvalue weighted by atomic mass is 10.2. The van der Waals surface area contributed by atoms with Gasteiger partial charge < -0.3 is 10.1 Å². The van der Waals surface area contributed by atoms with Crippen molar-refractivity contribution >= 4 is 27.8 Å². The second-order valence-corrected chi connectivity index (χ2v) is 3.83. The molecule has 0 heterocycles. The first-order valence-corrected chi connectivity index (χ1v) is 5.89. The van der Waals surface area contributed by atoms with Crippen LogP contribution in [0.5, 0.6) is 5.75 Å². The van der Waals surface area contributed by atoms with Gasteiger partial charge in [0.15, 0.2) is 0 Å². The van der Waals surface area contributed by atoms with Crippen LogP contribution in [0.25, 0.3) is 0 Å². The number of carbonyl (C=O) groups excluding carboxylic acids is 2. The molecule has 0 spiro atoms. The highest BCUT2D eigenvalue weighted by Crippen LogP contribution is 2.17. The van der Waals surface area contributed by atoms with Crippen molar-refractivity contribution < 1.29 is 14.3 Å². The number of ether oxygens (including phenoxy) is 1. The average molecular weight is 286 g/mol. The zero-order chi connectivity index (χ0) is 12.0. The number of halogens is 1. The number of rotatable bonds is 4. The molecule has 0 unspecified atom stereocenters. The Kier molecular flexibility index (Phi) is 4.98. The SMILES string of the molecule is CC(=O)Oc1ccccc1C(=O)NCCBr. The molecule has 1 amide bonds. The maximum Gasteiger partial charge on any atom is 0.308 e. The molecule has 4 nitrogen and oxygen atoms in total. The number of benzene rings is 1. The molecule has 0 aliphatic heterocycles. The molecule has 1 aromatic rings. The zero-order valence-electron chi connectivity index (χ0n) is 8.83. The standard InChI is InChI=1S/C11H12BrNO3/c1-8(14)16-10-5-3-2-4-9(10)11(15)13-7-6-12/h2-5H,6-7H2,1H3,(H,13,15). The summed E-state index contributed by atoms with van der Waals surface area (Å²) in [5.74, 6) is -0.417. The highest BCUT2D eigenvalue weighted by Gasteiger charge is 2.12. The fourth-order valence-corrected chi connectivity index (χ4v) is 1.35. The quantitative estimate of drug-likeness (QED) is 0.521. The van der Waals surface area contributed by atoms with Crippen LogP contribution < -0.4 is 10.1 Å². The number of hydrogen-bond acceptors (Lipinski definition) is 3. The molecule has 0 radical (unpaired) electrons. The minimum absolute atomic E-state index is 0.253. The summed E-state index contributed by atoms with van der Waals surface area (Å²) in [6, 6.07) is 6.63. The Morgan fingerprint density at radius 2 is 2.06 bits per heavy atom. The monoisotopic (exact) mass is 285 g/mol. The molecule has 0 aromatic heterocycles. The molecule has 0 aliphatic carbocycles. The highest BCUT2D eigenvalue weighted by atomic mass is 79.9. The third kappa shape index (κ3) is 3.66. The molecular formula is C11H12BrNO3.